The highest BCUT2D eigenvalue weighted by Crippen LogP contribution is 2.23. The summed E-state index contributed by atoms with van der Waals surface area (Å²) in [6.07, 6.45) is 0. The van der Waals surface area contributed by atoms with Crippen molar-refractivity contribution in [2.75, 3.05) is 19.5 Å². The standard InChI is InChI=1S/C12H13ClN4O3S/c1-19-11(18)8-17-12(14-15-16-17)21-7-6-20-10-5-3-2-4-9(10)13/h2-5H,6-8H2,1H3. The number of hydrogen-bond acceptors (Lipinski definition) is 7. The van der Waals surface area contributed by atoms with Crippen molar-refractivity contribution in [3.05, 3.63) is 29.3 Å². The van der Waals surface area contributed by atoms with Gasteiger partial charge >= 0.3 is 5.97 Å². The lowest BCUT2D eigenvalue weighted by molar-refractivity contribution is -0.141. The van der Waals surface area contributed by atoms with Crippen LogP contribution >= 0.6 is 23.4 Å². The molecule has 2 rings (SSSR count). The quantitative estimate of drug-likeness (QED) is 0.434. The van der Waals surface area contributed by atoms with Gasteiger partial charge in [-0.3, -0.25) is 4.79 Å². The fourth-order valence-electron chi connectivity index (χ4n) is 1.43. The van der Waals surface area contributed by atoms with E-state index in [1.807, 2.05) is 12.1 Å². The summed E-state index contributed by atoms with van der Waals surface area (Å²) in [5.41, 5.74) is 0. The number of halogens is 1. The third-order valence-corrected chi connectivity index (χ3v) is 3.65. The maximum Gasteiger partial charge on any atom is 0.327 e. The van der Waals surface area contributed by atoms with Gasteiger partial charge in [0.1, 0.15) is 12.3 Å². The molecule has 112 valence electrons. The number of rotatable bonds is 7. The summed E-state index contributed by atoms with van der Waals surface area (Å²) >= 11 is 7.36. The number of tetrazole rings is 1. The summed E-state index contributed by atoms with van der Waals surface area (Å²) in [4.78, 5) is 11.2. The number of hydrogen-bond donors (Lipinski definition) is 0. The van der Waals surface area contributed by atoms with E-state index in [1.54, 1.807) is 12.1 Å². The van der Waals surface area contributed by atoms with E-state index in [0.717, 1.165) is 0 Å². The number of carbonyl (C=O) groups excluding carboxylic acids is 1. The smallest absolute Gasteiger partial charge is 0.327 e. The van der Waals surface area contributed by atoms with Crippen molar-refractivity contribution < 1.29 is 14.3 Å². The number of aromatic nitrogens is 4. The van der Waals surface area contributed by atoms with Crippen molar-refractivity contribution in [3.63, 3.8) is 0 Å². The summed E-state index contributed by atoms with van der Waals surface area (Å²) in [5.74, 6) is 0.845. The molecule has 1 heterocycles. The summed E-state index contributed by atoms with van der Waals surface area (Å²) in [6.45, 7) is 0.427. The zero-order valence-electron chi connectivity index (χ0n) is 11.2. The van der Waals surface area contributed by atoms with E-state index >= 15 is 0 Å². The molecule has 21 heavy (non-hydrogen) atoms. The zero-order chi connectivity index (χ0) is 15.1. The molecule has 2 aromatic rings. The predicted molar refractivity (Wildman–Crippen MR) is 77.5 cm³/mol. The zero-order valence-corrected chi connectivity index (χ0v) is 12.8. The van der Waals surface area contributed by atoms with E-state index in [0.29, 0.717) is 28.3 Å². The van der Waals surface area contributed by atoms with E-state index in [1.165, 1.54) is 23.6 Å². The van der Waals surface area contributed by atoms with Crippen LogP contribution < -0.4 is 4.74 Å². The Labute approximate surface area is 130 Å². The molecule has 0 aliphatic heterocycles. The van der Waals surface area contributed by atoms with Crippen LogP contribution in [-0.2, 0) is 16.1 Å². The van der Waals surface area contributed by atoms with Crippen molar-refractivity contribution in [3.8, 4) is 5.75 Å². The van der Waals surface area contributed by atoms with Crippen LogP contribution in [0.2, 0.25) is 5.02 Å². The highest BCUT2D eigenvalue weighted by Gasteiger charge is 2.11. The second-order valence-electron chi connectivity index (χ2n) is 3.82. The minimum atomic E-state index is -0.406. The molecule has 0 spiro atoms. The van der Waals surface area contributed by atoms with E-state index in [9.17, 15) is 4.79 Å². The van der Waals surface area contributed by atoms with Crippen molar-refractivity contribution in [2.45, 2.75) is 11.7 Å². The topological polar surface area (TPSA) is 79.1 Å². The van der Waals surface area contributed by atoms with Gasteiger partial charge in [-0.05, 0) is 22.6 Å². The van der Waals surface area contributed by atoms with Gasteiger partial charge in [0.05, 0.1) is 18.7 Å². The molecule has 1 aromatic heterocycles. The van der Waals surface area contributed by atoms with Gasteiger partial charge in [-0.2, -0.15) is 0 Å². The average molecular weight is 329 g/mol. The van der Waals surface area contributed by atoms with Gasteiger partial charge in [-0.25, -0.2) is 4.68 Å². The Bertz CT molecular complexity index is 608. The maximum atomic E-state index is 11.2. The first kappa shape index (κ1) is 15.6. The van der Waals surface area contributed by atoms with E-state index in [-0.39, 0.29) is 6.54 Å². The second kappa shape index (κ2) is 7.84. The first-order valence-electron chi connectivity index (χ1n) is 6.04. The number of esters is 1. The van der Waals surface area contributed by atoms with Gasteiger partial charge in [0.15, 0.2) is 0 Å². The Kier molecular flexibility index (Phi) is 5.82. The monoisotopic (exact) mass is 328 g/mol. The number of nitrogens with zero attached hydrogens (tertiary/aromatic N) is 4. The Balaban J connectivity index is 1.80. The molecule has 0 bridgehead atoms. The first-order valence-corrected chi connectivity index (χ1v) is 7.40. The molecule has 0 saturated heterocycles. The molecule has 0 radical (unpaired) electrons. The molecule has 0 N–H and O–H groups in total. The van der Waals surface area contributed by atoms with Gasteiger partial charge in [0.2, 0.25) is 5.16 Å². The third-order valence-electron chi connectivity index (χ3n) is 2.41. The molecular weight excluding hydrogens is 316 g/mol. The Morgan fingerprint density at radius 3 is 3.00 bits per heavy atom. The molecule has 0 amide bonds. The van der Waals surface area contributed by atoms with Crippen LogP contribution in [0.1, 0.15) is 0 Å². The molecule has 1 aromatic carbocycles. The molecule has 0 fully saturated rings. The lowest BCUT2D eigenvalue weighted by Gasteiger charge is -2.07. The fourth-order valence-corrected chi connectivity index (χ4v) is 2.32. The Morgan fingerprint density at radius 1 is 1.43 bits per heavy atom. The highest BCUT2D eigenvalue weighted by atomic mass is 35.5. The highest BCUT2D eigenvalue weighted by molar-refractivity contribution is 7.99. The first-order chi connectivity index (χ1) is 10.2. The van der Waals surface area contributed by atoms with Crippen LogP contribution in [-0.4, -0.2) is 45.6 Å². The normalized spacial score (nSPS) is 10.4. The summed E-state index contributed by atoms with van der Waals surface area (Å²) in [6, 6.07) is 7.26. The van der Waals surface area contributed by atoms with Crippen LogP contribution in [0.5, 0.6) is 5.75 Å². The van der Waals surface area contributed by atoms with Gasteiger partial charge in [-0.1, -0.05) is 35.5 Å². The fraction of sp³-hybridized carbons (Fsp3) is 0.333. The van der Waals surface area contributed by atoms with E-state index in [4.69, 9.17) is 16.3 Å². The number of carbonyl (C=O) groups is 1. The number of ether oxygens (including phenoxy) is 2. The number of benzene rings is 1. The average Bonchev–Trinajstić information content (AvgIpc) is 2.92. The lowest BCUT2D eigenvalue weighted by Crippen LogP contribution is -2.14. The minimum Gasteiger partial charge on any atom is -0.491 e. The van der Waals surface area contributed by atoms with Gasteiger partial charge in [0.25, 0.3) is 0 Å². The Hall–Kier alpha value is -1.80. The van der Waals surface area contributed by atoms with Crippen LogP contribution in [0, 0.1) is 0 Å². The van der Waals surface area contributed by atoms with Crippen LogP contribution in [0.3, 0.4) is 0 Å². The van der Waals surface area contributed by atoms with Gasteiger partial charge in [0, 0.05) is 5.75 Å². The summed E-state index contributed by atoms with van der Waals surface area (Å²) in [7, 11) is 1.32. The molecule has 0 aliphatic carbocycles. The van der Waals surface area contributed by atoms with Crippen LogP contribution in [0.25, 0.3) is 0 Å². The molecule has 0 aliphatic rings. The molecule has 9 heteroatoms. The van der Waals surface area contributed by atoms with Crippen molar-refractivity contribution in [2.24, 2.45) is 0 Å². The van der Waals surface area contributed by atoms with Crippen molar-refractivity contribution in [1.29, 1.82) is 0 Å². The molecule has 0 unspecified atom stereocenters. The Morgan fingerprint density at radius 2 is 2.24 bits per heavy atom. The SMILES string of the molecule is COC(=O)Cn1nnnc1SCCOc1ccccc1Cl. The summed E-state index contributed by atoms with van der Waals surface area (Å²) < 4.78 is 11.5. The van der Waals surface area contributed by atoms with Crippen molar-refractivity contribution >= 4 is 29.3 Å². The summed E-state index contributed by atoms with van der Waals surface area (Å²) in [5, 5.41) is 12.2. The largest absolute Gasteiger partial charge is 0.491 e. The molecule has 7 nitrogen and oxygen atoms in total. The van der Waals surface area contributed by atoms with Crippen molar-refractivity contribution in [1.82, 2.24) is 20.2 Å². The minimum absolute atomic E-state index is 0.0167. The third kappa shape index (κ3) is 4.61. The number of thioether (sulfide) groups is 1. The van der Waals surface area contributed by atoms with Crippen LogP contribution in [0.15, 0.2) is 29.4 Å². The number of para-hydroxylation sites is 1. The van der Waals surface area contributed by atoms with E-state index < -0.39 is 5.97 Å². The van der Waals surface area contributed by atoms with Gasteiger partial charge in [-0.15, -0.1) is 5.10 Å². The van der Waals surface area contributed by atoms with Crippen LogP contribution in [0.4, 0.5) is 0 Å². The molecular formula is C12H13ClN4O3S. The predicted octanol–water partition coefficient (Wildman–Crippen LogP) is 1.67. The second-order valence-corrected chi connectivity index (χ2v) is 5.29. The lowest BCUT2D eigenvalue weighted by atomic mass is 10.3. The maximum absolute atomic E-state index is 11.2. The molecule has 0 atom stereocenters. The van der Waals surface area contributed by atoms with E-state index in [2.05, 4.69) is 20.3 Å². The van der Waals surface area contributed by atoms with Gasteiger partial charge < -0.3 is 9.47 Å². The number of methoxy groups -OCH3 is 1. The molecule has 0 saturated carbocycles.